The summed E-state index contributed by atoms with van der Waals surface area (Å²) >= 11 is 0. The minimum absolute atomic E-state index is 0.430. The van der Waals surface area contributed by atoms with E-state index in [9.17, 15) is 20.1 Å². The molecule has 4 N–H and O–H groups in total. The third-order valence-corrected chi connectivity index (χ3v) is 4.16. The monoisotopic (exact) mass is 373 g/mol. The van der Waals surface area contributed by atoms with Crippen LogP contribution in [0.5, 0.6) is 0 Å². The number of carboxylic acids is 1. The first-order valence-corrected chi connectivity index (χ1v) is 8.26. The number of aliphatic carboxylic acids is 1. The fourth-order valence-corrected chi connectivity index (χ4v) is 2.71. The Bertz CT molecular complexity index is 755. The number of benzene rings is 2. The highest BCUT2D eigenvalue weighted by Gasteiger charge is 2.48. The summed E-state index contributed by atoms with van der Waals surface area (Å²) in [4.78, 5) is 16.4. The highest BCUT2D eigenvalue weighted by atomic mass is 16.8. The molecule has 0 unspecified atom stereocenters. The van der Waals surface area contributed by atoms with Gasteiger partial charge in [-0.3, -0.25) is 0 Å². The van der Waals surface area contributed by atoms with Crippen LogP contribution in [0, 0.1) is 0 Å². The quantitative estimate of drug-likeness (QED) is 0.440. The van der Waals surface area contributed by atoms with Gasteiger partial charge in [-0.2, -0.15) is 0 Å². The molecule has 2 aromatic rings. The van der Waals surface area contributed by atoms with Gasteiger partial charge in [0.05, 0.1) is 0 Å². The second-order valence-electron chi connectivity index (χ2n) is 6.01. The van der Waals surface area contributed by atoms with Gasteiger partial charge in [0, 0.05) is 11.1 Å². The zero-order chi connectivity index (χ0) is 19.4. The number of carboxylic acid groups (broad SMARTS) is 1. The van der Waals surface area contributed by atoms with E-state index in [1.807, 2.05) is 60.7 Å². The number of aliphatic hydroxyl groups excluding tert-OH is 3. The van der Waals surface area contributed by atoms with E-state index in [-0.39, 0.29) is 0 Å². The van der Waals surface area contributed by atoms with Crippen molar-refractivity contribution in [2.75, 3.05) is 0 Å². The molecule has 0 bridgehead atoms. The van der Waals surface area contributed by atoms with Crippen molar-refractivity contribution in [3.63, 3.8) is 0 Å². The van der Waals surface area contributed by atoms with Crippen LogP contribution in [0.1, 0.15) is 11.1 Å². The predicted molar refractivity (Wildman–Crippen MR) is 93.9 cm³/mol. The smallest absolute Gasteiger partial charge is 0.335 e. The van der Waals surface area contributed by atoms with Crippen molar-refractivity contribution in [3.05, 3.63) is 71.8 Å². The molecule has 1 heterocycles. The lowest BCUT2D eigenvalue weighted by atomic mass is 9.99. The van der Waals surface area contributed by atoms with Crippen molar-refractivity contribution in [2.24, 2.45) is 5.16 Å². The van der Waals surface area contributed by atoms with Gasteiger partial charge in [-0.05, 0) is 0 Å². The number of rotatable bonds is 5. The molecular formula is C19H19NO7. The molecule has 3 rings (SSSR count). The highest BCUT2D eigenvalue weighted by Crippen LogP contribution is 2.23. The van der Waals surface area contributed by atoms with Gasteiger partial charge >= 0.3 is 5.97 Å². The SMILES string of the molecule is O=C(O)[C@H]1O[C@@H](ON=C(c2ccccc2)c2ccccc2)[C@H](O)[C@@H](O)[C@@H]1O. The molecule has 0 spiro atoms. The number of nitrogens with zero attached hydrogens (tertiary/aromatic N) is 1. The normalized spacial score (nSPS) is 27.6. The minimum atomic E-state index is -1.79. The number of hydrogen-bond donors (Lipinski definition) is 4. The molecule has 2 aromatic carbocycles. The van der Waals surface area contributed by atoms with Gasteiger partial charge in [0.1, 0.15) is 24.0 Å². The van der Waals surface area contributed by atoms with E-state index in [0.29, 0.717) is 5.71 Å². The fraction of sp³-hybridized carbons (Fsp3) is 0.263. The summed E-state index contributed by atoms with van der Waals surface area (Å²) in [5.74, 6) is -1.49. The van der Waals surface area contributed by atoms with E-state index in [2.05, 4.69) is 5.16 Å². The van der Waals surface area contributed by atoms with Crippen LogP contribution in [0.2, 0.25) is 0 Å². The molecule has 1 aliphatic heterocycles. The summed E-state index contributed by atoms with van der Waals surface area (Å²) in [5, 5.41) is 42.8. The van der Waals surface area contributed by atoms with E-state index in [0.717, 1.165) is 11.1 Å². The molecule has 5 atom stereocenters. The summed E-state index contributed by atoms with van der Waals surface area (Å²) in [7, 11) is 0. The average Bonchev–Trinajstić information content (AvgIpc) is 2.69. The maximum atomic E-state index is 11.2. The first-order chi connectivity index (χ1) is 13.0. The lowest BCUT2D eigenvalue weighted by molar-refractivity contribution is -0.294. The van der Waals surface area contributed by atoms with Crippen molar-refractivity contribution < 1.29 is 34.8 Å². The molecule has 1 saturated heterocycles. The number of aliphatic hydroxyl groups is 3. The Balaban J connectivity index is 1.89. The van der Waals surface area contributed by atoms with Gasteiger partial charge in [-0.25, -0.2) is 4.79 Å². The number of ether oxygens (including phenoxy) is 1. The van der Waals surface area contributed by atoms with E-state index in [1.165, 1.54) is 0 Å². The first kappa shape index (κ1) is 19.0. The summed E-state index contributed by atoms with van der Waals surface area (Å²) < 4.78 is 5.08. The topological polar surface area (TPSA) is 129 Å². The van der Waals surface area contributed by atoms with E-state index in [1.54, 1.807) is 0 Å². The van der Waals surface area contributed by atoms with Crippen LogP contribution in [-0.4, -0.2) is 62.8 Å². The van der Waals surface area contributed by atoms with Crippen LogP contribution >= 0.6 is 0 Å². The maximum Gasteiger partial charge on any atom is 0.335 e. The summed E-state index contributed by atoms with van der Waals surface area (Å²) in [5.41, 5.74) is 1.88. The Kier molecular flexibility index (Phi) is 5.82. The Morgan fingerprint density at radius 1 is 0.852 bits per heavy atom. The van der Waals surface area contributed by atoms with E-state index in [4.69, 9.17) is 14.7 Å². The molecule has 0 saturated carbocycles. The van der Waals surface area contributed by atoms with Crippen molar-refractivity contribution in [1.29, 1.82) is 0 Å². The third-order valence-electron chi connectivity index (χ3n) is 4.16. The van der Waals surface area contributed by atoms with Crippen LogP contribution < -0.4 is 0 Å². The lowest BCUT2D eigenvalue weighted by Gasteiger charge is -2.37. The average molecular weight is 373 g/mol. The van der Waals surface area contributed by atoms with Crippen molar-refractivity contribution in [1.82, 2.24) is 0 Å². The molecule has 1 aliphatic rings. The van der Waals surface area contributed by atoms with Crippen LogP contribution in [0.15, 0.2) is 65.8 Å². The van der Waals surface area contributed by atoms with E-state index < -0.39 is 36.7 Å². The molecule has 0 aliphatic carbocycles. The van der Waals surface area contributed by atoms with Crippen LogP contribution in [-0.2, 0) is 14.4 Å². The minimum Gasteiger partial charge on any atom is -0.479 e. The van der Waals surface area contributed by atoms with Crippen LogP contribution in [0.4, 0.5) is 0 Å². The predicted octanol–water partition coefficient (Wildman–Crippen LogP) is 0.348. The second-order valence-corrected chi connectivity index (χ2v) is 6.01. The molecule has 8 nitrogen and oxygen atoms in total. The lowest BCUT2D eigenvalue weighted by Crippen LogP contribution is -2.60. The van der Waals surface area contributed by atoms with Gasteiger partial charge in [-0.1, -0.05) is 65.8 Å². The summed E-state index contributed by atoms with van der Waals surface area (Å²) in [6, 6.07) is 18.2. The van der Waals surface area contributed by atoms with Gasteiger partial charge in [-0.15, -0.1) is 0 Å². The maximum absolute atomic E-state index is 11.2. The van der Waals surface area contributed by atoms with E-state index >= 15 is 0 Å². The van der Waals surface area contributed by atoms with Gasteiger partial charge in [0.25, 0.3) is 6.29 Å². The molecule has 0 amide bonds. The van der Waals surface area contributed by atoms with Crippen molar-refractivity contribution in [2.45, 2.75) is 30.7 Å². The molecule has 27 heavy (non-hydrogen) atoms. The highest BCUT2D eigenvalue weighted by molar-refractivity contribution is 6.12. The van der Waals surface area contributed by atoms with Gasteiger partial charge < -0.3 is 30.0 Å². The number of carbonyl (C=O) groups is 1. The first-order valence-electron chi connectivity index (χ1n) is 8.26. The van der Waals surface area contributed by atoms with Gasteiger partial charge in [0.15, 0.2) is 6.10 Å². The zero-order valence-corrected chi connectivity index (χ0v) is 14.1. The molecule has 0 aromatic heterocycles. The summed E-state index contributed by atoms with van der Waals surface area (Å²) in [6.07, 6.45) is -8.53. The fourth-order valence-electron chi connectivity index (χ4n) is 2.71. The Labute approximate surface area is 154 Å². The van der Waals surface area contributed by atoms with Crippen molar-refractivity contribution in [3.8, 4) is 0 Å². The molecule has 8 heteroatoms. The van der Waals surface area contributed by atoms with Crippen LogP contribution in [0.25, 0.3) is 0 Å². The zero-order valence-electron chi connectivity index (χ0n) is 14.1. The molecule has 142 valence electrons. The van der Waals surface area contributed by atoms with Gasteiger partial charge in [0.2, 0.25) is 0 Å². The van der Waals surface area contributed by atoms with Crippen LogP contribution in [0.3, 0.4) is 0 Å². The Morgan fingerprint density at radius 2 is 1.37 bits per heavy atom. The van der Waals surface area contributed by atoms with Crippen molar-refractivity contribution >= 4 is 11.7 Å². The largest absolute Gasteiger partial charge is 0.479 e. The number of hydrogen-bond acceptors (Lipinski definition) is 7. The molecule has 0 radical (unpaired) electrons. The molecule has 1 fully saturated rings. The number of oxime groups is 1. The summed E-state index contributed by atoms with van der Waals surface area (Å²) in [6.45, 7) is 0. The standard InChI is InChI=1S/C19H19NO7/c21-14-15(22)17(18(24)25)26-19(16(14)23)27-20-13(11-7-3-1-4-8-11)12-9-5-2-6-10-12/h1-10,14-17,19,21-23H,(H,24,25)/t14-,15-,16+,17-,19-/m0/s1. The third kappa shape index (κ3) is 4.15. The molecular weight excluding hydrogens is 354 g/mol. The Morgan fingerprint density at radius 3 is 1.85 bits per heavy atom. The second kappa shape index (κ2) is 8.28. The Hall–Kier alpha value is -2.78.